The predicted molar refractivity (Wildman–Crippen MR) is 111 cm³/mol. The van der Waals surface area contributed by atoms with Gasteiger partial charge < -0.3 is 19.9 Å². The Hall–Kier alpha value is -1.17. The summed E-state index contributed by atoms with van der Waals surface area (Å²) in [6, 6.07) is 9.01. The molecule has 0 radical (unpaired) electrons. The lowest BCUT2D eigenvalue weighted by molar-refractivity contribution is 0.282. The molecule has 4 nitrogen and oxygen atoms in total. The van der Waals surface area contributed by atoms with E-state index in [0.29, 0.717) is 39.7 Å². The standard InChI is InChI=1S/C20H24Cl3NO3/c1-26-19-10-15(12-24-7-3-2-4-8-25)17(22)11-20(19)27-13-14-5-6-16(21)18(23)9-14/h5-6,9-11,24-25H,2-4,7-8,12-13H2,1H3. The molecule has 0 aromatic heterocycles. The normalized spacial score (nSPS) is 10.9. The molecule has 148 valence electrons. The largest absolute Gasteiger partial charge is 0.493 e. The second-order valence-electron chi connectivity index (χ2n) is 6.09. The lowest BCUT2D eigenvalue weighted by Crippen LogP contribution is -2.15. The topological polar surface area (TPSA) is 50.7 Å². The Balaban J connectivity index is 1.96. The van der Waals surface area contributed by atoms with E-state index < -0.39 is 0 Å². The minimum Gasteiger partial charge on any atom is -0.493 e. The van der Waals surface area contributed by atoms with Gasteiger partial charge in [0.25, 0.3) is 0 Å². The lowest BCUT2D eigenvalue weighted by Gasteiger charge is -2.14. The smallest absolute Gasteiger partial charge is 0.163 e. The van der Waals surface area contributed by atoms with E-state index in [0.717, 1.165) is 36.9 Å². The van der Waals surface area contributed by atoms with Crippen LogP contribution < -0.4 is 14.8 Å². The van der Waals surface area contributed by atoms with Gasteiger partial charge in [0, 0.05) is 24.2 Å². The first-order chi connectivity index (χ1) is 13.0. The monoisotopic (exact) mass is 431 g/mol. The van der Waals surface area contributed by atoms with Gasteiger partial charge in [-0.15, -0.1) is 0 Å². The molecular weight excluding hydrogens is 409 g/mol. The van der Waals surface area contributed by atoms with Crippen LogP contribution in [0.4, 0.5) is 0 Å². The number of nitrogens with one attached hydrogen (secondary N) is 1. The molecule has 0 saturated heterocycles. The molecule has 0 aliphatic carbocycles. The third-order valence-corrected chi connectivity index (χ3v) is 5.13. The number of methoxy groups -OCH3 is 1. The van der Waals surface area contributed by atoms with E-state index in [1.54, 1.807) is 25.3 Å². The Morgan fingerprint density at radius 3 is 2.44 bits per heavy atom. The van der Waals surface area contributed by atoms with Crippen LogP contribution in [0.1, 0.15) is 30.4 Å². The number of unbranched alkanes of at least 4 members (excludes halogenated alkanes) is 2. The number of benzene rings is 2. The highest BCUT2D eigenvalue weighted by atomic mass is 35.5. The van der Waals surface area contributed by atoms with E-state index in [-0.39, 0.29) is 6.61 Å². The van der Waals surface area contributed by atoms with Crippen molar-refractivity contribution in [2.75, 3.05) is 20.3 Å². The SMILES string of the molecule is COc1cc(CNCCCCCO)c(Cl)cc1OCc1ccc(Cl)c(Cl)c1. The number of aliphatic hydroxyl groups excluding tert-OH is 1. The summed E-state index contributed by atoms with van der Waals surface area (Å²) in [6.45, 7) is 2.08. The van der Waals surface area contributed by atoms with Crippen molar-refractivity contribution >= 4 is 34.8 Å². The number of halogens is 3. The maximum absolute atomic E-state index is 8.79. The van der Waals surface area contributed by atoms with E-state index in [1.165, 1.54) is 0 Å². The zero-order chi connectivity index (χ0) is 19.6. The Kier molecular flexibility index (Phi) is 9.52. The molecule has 2 aromatic rings. The summed E-state index contributed by atoms with van der Waals surface area (Å²) in [4.78, 5) is 0. The molecule has 0 saturated carbocycles. The fraction of sp³-hybridized carbons (Fsp3) is 0.400. The first-order valence-electron chi connectivity index (χ1n) is 8.80. The zero-order valence-corrected chi connectivity index (χ0v) is 17.5. The van der Waals surface area contributed by atoms with Gasteiger partial charge in [0.2, 0.25) is 0 Å². The molecular formula is C20H24Cl3NO3. The van der Waals surface area contributed by atoms with Gasteiger partial charge in [-0.3, -0.25) is 0 Å². The molecule has 0 spiro atoms. The quantitative estimate of drug-likeness (QED) is 0.461. The minimum atomic E-state index is 0.243. The summed E-state index contributed by atoms with van der Waals surface area (Å²) in [5.41, 5.74) is 1.84. The summed E-state index contributed by atoms with van der Waals surface area (Å²) in [5, 5.41) is 13.8. The van der Waals surface area contributed by atoms with Crippen molar-refractivity contribution in [2.24, 2.45) is 0 Å². The van der Waals surface area contributed by atoms with Crippen molar-refractivity contribution in [3.63, 3.8) is 0 Å². The number of hydrogen-bond donors (Lipinski definition) is 2. The fourth-order valence-electron chi connectivity index (χ4n) is 2.54. The molecule has 0 aliphatic rings. The van der Waals surface area contributed by atoms with Crippen molar-refractivity contribution in [3.8, 4) is 11.5 Å². The Morgan fingerprint density at radius 2 is 1.74 bits per heavy atom. The molecule has 2 rings (SSSR count). The molecule has 0 heterocycles. The van der Waals surface area contributed by atoms with Crippen molar-refractivity contribution < 1.29 is 14.6 Å². The molecule has 2 N–H and O–H groups in total. The van der Waals surface area contributed by atoms with Gasteiger partial charge in [0.05, 0.1) is 17.2 Å². The van der Waals surface area contributed by atoms with Crippen molar-refractivity contribution in [2.45, 2.75) is 32.4 Å². The first kappa shape index (κ1) is 22.1. The first-order valence-corrected chi connectivity index (χ1v) is 9.93. The maximum Gasteiger partial charge on any atom is 0.163 e. The lowest BCUT2D eigenvalue weighted by atomic mass is 10.2. The van der Waals surface area contributed by atoms with Crippen LogP contribution in [0.5, 0.6) is 11.5 Å². The van der Waals surface area contributed by atoms with Crippen LogP contribution in [0.3, 0.4) is 0 Å². The minimum absolute atomic E-state index is 0.243. The summed E-state index contributed by atoms with van der Waals surface area (Å²) >= 11 is 18.4. The summed E-state index contributed by atoms with van der Waals surface area (Å²) in [7, 11) is 1.60. The van der Waals surface area contributed by atoms with Crippen molar-refractivity contribution in [1.82, 2.24) is 5.32 Å². The zero-order valence-electron chi connectivity index (χ0n) is 15.2. The summed E-state index contributed by atoms with van der Waals surface area (Å²) in [5.74, 6) is 1.19. The van der Waals surface area contributed by atoms with Crippen LogP contribution in [-0.2, 0) is 13.2 Å². The van der Waals surface area contributed by atoms with Gasteiger partial charge in [-0.05, 0) is 55.1 Å². The number of hydrogen-bond acceptors (Lipinski definition) is 4. The third-order valence-electron chi connectivity index (χ3n) is 4.04. The average Bonchev–Trinajstić information content (AvgIpc) is 2.66. The van der Waals surface area contributed by atoms with Crippen molar-refractivity contribution in [1.29, 1.82) is 0 Å². The fourth-order valence-corrected chi connectivity index (χ4v) is 3.08. The second-order valence-corrected chi connectivity index (χ2v) is 7.31. The third kappa shape index (κ3) is 7.05. The molecule has 0 amide bonds. The molecule has 0 unspecified atom stereocenters. The van der Waals surface area contributed by atoms with Gasteiger partial charge in [-0.25, -0.2) is 0 Å². The molecule has 27 heavy (non-hydrogen) atoms. The van der Waals surface area contributed by atoms with Crippen LogP contribution in [-0.4, -0.2) is 25.4 Å². The molecule has 0 fully saturated rings. The number of rotatable bonds is 11. The van der Waals surface area contributed by atoms with E-state index in [2.05, 4.69) is 5.32 Å². The van der Waals surface area contributed by atoms with E-state index >= 15 is 0 Å². The Morgan fingerprint density at radius 1 is 0.926 bits per heavy atom. The van der Waals surface area contributed by atoms with Gasteiger partial charge in [0.15, 0.2) is 11.5 Å². The Labute approximate surface area is 175 Å². The van der Waals surface area contributed by atoms with Gasteiger partial charge in [-0.1, -0.05) is 40.9 Å². The molecule has 2 aromatic carbocycles. The van der Waals surface area contributed by atoms with Gasteiger partial charge in [0.1, 0.15) is 6.61 Å². The highest BCUT2D eigenvalue weighted by molar-refractivity contribution is 6.42. The Bertz CT molecular complexity index is 741. The van der Waals surface area contributed by atoms with Gasteiger partial charge in [-0.2, -0.15) is 0 Å². The summed E-state index contributed by atoms with van der Waals surface area (Å²) < 4.78 is 11.3. The molecule has 0 bridgehead atoms. The van der Waals surface area contributed by atoms with Crippen molar-refractivity contribution in [3.05, 3.63) is 56.5 Å². The van der Waals surface area contributed by atoms with E-state index in [1.807, 2.05) is 12.1 Å². The van der Waals surface area contributed by atoms with Crippen LogP contribution in [0, 0.1) is 0 Å². The van der Waals surface area contributed by atoms with Gasteiger partial charge >= 0.3 is 0 Å². The average molecular weight is 433 g/mol. The molecule has 7 heteroatoms. The molecule has 0 aliphatic heterocycles. The van der Waals surface area contributed by atoms with Crippen LogP contribution in [0.15, 0.2) is 30.3 Å². The number of aliphatic hydroxyl groups is 1. The highest BCUT2D eigenvalue weighted by Crippen LogP contribution is 2.34. The molecule has 0 atom stereocenters. The highest BCUT2D eigenvalue weighted by Gasteiger charge is 2.11. The maximum atomic E-state index is 8.79. The van der Waals surface area contributed by atoms with E-state index in [9.17, 15) is 0 Å². The van der Waals surface area contributed by atoms with Crippen LogP contribution >= 0.6 is 34.8 Å². The predicted octanol–water partition coefficient (Wildman–Crippen LogP) is 5.49. The number of ether oxygens (including phenoxy) is 2. The van der Waals surface area contributed by atoms with Crippen LogP contribution in [0.25, 0.3) is 0 Å². The second kappa shape index (κ2) is 11.6. The summed E-state index contributed by atoms with van der Waals surface area (Å²) in [6.07, 6.45) is 2.85. The van der Waals surface area contributed by atoms with E-state index in [4.69, 9.17) is 49.4 Å². The van der Waals surface area contributed by atoms with Crippen LogP contribution in [0.2, 0.25) is 15.1 Å².